The number of rotatable bonds is 13. The van der Waals surface area contributed by atoms with Gasteiger partial charge in [0.15, 0.2) is 11.5 Å². The summed E-state index contributed by atoms with van der Waals surface area (Å²) in [5, 5.41) is 13.3. The van der Waals surface area contributed by atoms with Crippen LogP contribution in [-0.4, -0.2) is 47.1 Å². The van der Waals surface area contributed by atoms with E-state index in [4.69, 9.17) is 14.2 Å². The number of nitro benzene ring substituents is 1. The first-order valence-corrected chi connectivity index (χ1v) is 14.0. The zero-order valence-corrected chi connectivity index (χ0v) is 24.3. The van der Waals surface area contributed by atoms with E-state index in [9.17, 15) is 24.5 Å². The second kappa shape index (κ2) is 14.2. The number of amides is 3. The number of hydrogen-bond donors (Lipinski definition) is 1. The molecule has 0 unspecified atom stereocenters. The third-order valence-corrected chi connectivity index (χ3v) is 7.08. The summed E-state index contributed by atoms with van der Waals surface area (Å²) in [5.41, 5.74) is 2.35. The molecule has 4 rings (SSSR count). The van der Waals surface area contributed by atoms with Crippen LogP contribution >= 0.6 is 11.8 Å². The summed E-state index contributed by atoms with van der Waals surface area (Å²) in [7, 11) is 1.53. The molecule has 1 N–H and O–H groups in total. The Morgan fingerprint density at radius 2 is 1.88 bits per heavy atom. The lowest BCUT2D eigenvalue weighted by molar-refractivity contribution is -0.384. The Bertz CT molecular complexity index is 1590. The third kappa shape index (κ3) is 7.80. The van der Waals surface area contributed by atoms with Crippen molar-refractivity contribution in [2.24, 2.45) is 0 Å². The van der Waals surface area contributed by atoms with E-state index < -0.39 is 28.5 Å². The lowest BCUT2D eigenvalue weighted by atomic mass is 10.0. The first-order valence-electron chi connectivity index (χ1n) is 13.2. The van der Waals surface area contributed by atoms with E-state index in [2.05, 4.69) is 11.9 Å². The number of thioether (sulfide) groups is 1. The van der Waals surface area contributed by atoms with Crippen molar-refractivity contribution >= 4 is 46.3 Å². The highest BCUT2D eigenvalue weighted by molar-refractivity contribution is 8.18. The standard InChI is InChI=1S/C31H29N3O8S/c1-4-7-22-14-21(16-26(41-5-2)29(22)42-19-20-8-6-9-24(15-20)34(38)39)17-27-30(36)33(31(37)43-27)18-28(35)32-23-10-12-25(40-3)13-11-23/h4,6,8-17H,1,5,7,18-19H2,2-3H3,(H,32,35)/b27-17+. The molecule has 0 atom stereocenters. The molecule has 1 aliphatic rings. The molecule has 3 aromatic rings. The van der Waals surface area contributed by atoms with Crippen molar-refractivity contribution in [2.75, 3.05) is 25.6 Å². The summed E-state index contributed by atoms with van der Waals surface area (Å²) in [5.74, 6) is 0.352. The van der Waals surface area contributed by atoms with E-state index in [1.165, 1.54) is 19.2 Å². The Kier molecular flexibility index (Phi) is 10.2. The van der Waals surface area contributed by atoms with Crippen molar-refractivity contribution in [1.29, 1.82) is 0 Å². The number of methoxy groups -OCH3 is 1. The van der Waals surface area contributed by atoms with Gasteiger partial charge in [0, 0.05) is 23.4 Å². The van der Waals surface area contributed by atoms with Crippen LogP contribution in [0.5, 0.6) is 17.2 Å². The van der Waals surface area contributed by atoms with Crippen molar-refractivity contribution in [2.45, 2.75) is 20.0 Å². The molecule has 1 saturated heterocycles. The van der Waals surface area contributed by atoms with Gasteiger partial charge >= 0.3 is 0 Å². The average Bonchev–Trinajstić information content (AvgIpc) is 3.24. The molecule has 1 aliphatic heterocycles. The fourth-order valence-electron chi connectivity index (χ4n) is 4.22. The van der Waals surface area contributed by atoms with Gasteiger partial charge in [-0.25, -0.2) is 0 Å². The summed E-state index contributed by atoms with van der Waals surface area (Å²) < 4.78 is 17.0. The molecule has 0 saturated carbocycles. The minimum absolute atomic E-state index is 0.0417. The van der Waals surface area contributed by atoms with Crippen molar-refractivity contribution < 1.29 is 33.5 Å². The SMILES string of the molecule is C=CCc1cc(/C=C2/SC(=O)N(CC(=O)Nc3ccc(OC)cc3)C2=O)cc(OCC)c1OCc1cccc([N+](=O)[O-])c1. The summed E-state index contributed by atoms with van der Waals surface area (Å²) in [6.07, 6.45) is 3.65. The maximum absolute atomic E-state index is 13.1. The van der Waals surface area contributed by atoms with Crippen molar-refractivity contribution in [3.63, 3.8) is 0 Å². The Morgan fingerprint density at radius 3 is 2.56 bits per heavy atom. The van der Waals surface area contributed by atoms with Gasteiger partial charge in [-0.3, -0.25) is 29.4 Å². The topological polar surface area (TPSA) is 137 Å². The number of nitrogens with zero attached hydrogens (tertiary/aromatic N) is 2. The highest BCUT2D eigenvalue weighted by atomic mass is 32.2. The second-order valence-corrected chi connectivity index (χ2v) is 10.2. The Hall–Kier alpha value is -5.10. The molecular formula is C31H29N3O8S. The van der Waals surface area contributed by atoms with E-state index in [0.717, 1.165) is 16.7 Å². The van der Waals surface area contributed by atoms with Crippen LogP contribution in [0.25, 0.3) is 6.08 Å². The average molecular weight is 604 g/mol. The molecule has 0 aromatic heterocycles. The maximum Gasteiger partial charge on any atom is 0.294 e. The van der Waals surface area contributed by atoms with Gasteiger partial charge in [0.1, 0.15) is 18.9 Å². The maximum atomic E-state index is 13.1. The van der Waals surface area contributed by atoms with Crippen LogP contribution in [0.3, 0.4) is 0 Å². The van der Waals surface area contributed by atoms with E-state index in [0.29, 0.717) is 52.7 Å². The molecule has 0 bridgehead atoms. The molecule has 1 heterocycles. The molecular weight excluding hydrogens is 574 g/mol. The number of benzene rings is 3. The molecule has 43 heavy (non-hydrogen) atoms. The van der Waals surface area contributed by atoms with Crippen LogP contribution in [0.4, 0.5) is 16.2 Å². The van der Waals surface area contributed by atoms with E-state index in [1.807, 2.05) is 6.92 Å². The molecule has 0 aliphatic carbocycles. The monoisotopic (exact) mass is 603 g/mol. The molecule has 1 fully saturated rings. The number of imide groups is 1. The number of hydrogen-bond acceptors (Lipinski definition) is 9. The van der Waals surface area contributed by atoms with Crippen LogP contribution in [0, 0.1) is 10.1 Å². The smallest absolute Gasteiger partial charge is 0.294 e. The van der Waals surface area contributed by atoms with Gasteiger partial charge in [-0.05, 0) is 78.7 Å². The number of nitrogens with one attached hydrogen (secondary N) is 1. The Morgan fingerprint density at radius 1 is 1.12 bits per heavy atom. The number of carbonyl (C=O) groups is 3. The van der Waals surface area contributed by atoms with Crippen LogP contribution in [0.2, 0.25) is 0 Å². The molecule has 222 valence electrons. The first-order chi connectivity index (χ1) is 20.7. The Labute approximate surface area is 252 Å². The number of carbonyl (C=O) groups excluding carboxylic acids is 3. The molecule has 11 nitrogen and oxygen atoms in total. The van der Waals surface area contributed by atoms with Gasteiger partial charge in [-0.15, -0.1) is 6.58 Å². The summed E-state index contributed by atoms with van der Waals surface area (Å²) in [6, 6.07) is 16.3. The highest BCUT2D eigenvalue weighted by Gasteiger charge is 2.36. The van der Waals surface area contributed by atoms with Gasteiger partial charge in [0.2, 0.25) is 5.91 Å². The highest BCUT2D eigenvalue weighted by Crippen LogP contribution is 2.38. The third-order valence-electron chi connectivity index (χ3n) is 6.17. The number of non-ortho nitro benzene ring substituents is 1. The van der Waals surface area contributed by atoms with Gasteiger partial charge in [0.25, 0.3) is 16.8 Å². The zero-order valence-electron chi connectivity index (χ0n) is 23.5. The van der Waals surface area contributed by atoms with Gasteiger partial charge in [0.05, 0.1) is 23.5 Å². The van der Waals surface area contributed by atoms with Crippen molar-refractivity contribution in [3.8, 4) is 17.2 Å². The summed E-state index contributed by atoms with van der Waals surface area (Å²) in [4.78, 5) is 50.1. The zero-order chi connectivity index (χ0) is 30.9. The fourth-order valence-corrected chi connectivity index (χ4v) is 5.06. The molecule has 12 heteroatoms. The lowest BCUT2D eigenvalue weighted by Gasteiger charge is -2.17. The van der Waals surface area contributed by atoms with Crippen LogP contribution in [-0.2, 0) is 22.6 Å². The number of ether oxygens (including phenoxy) is 3. The predicted molar refractivity (Wildman–Crippen MR) is 163 cm³/mol. The van der Waals surface area contributed by atoms with E-state index >= 15 is 0 Å². The van der Waals surface area contributed by atoms with E-state index in [1.54, 1.807) is 60.7 Å². The number of anilines is 1. The van der Waals surface area contributed by atoms with Gasteiger partial charge in [-0.1, -0.05) is 18.2 Å². The Balaban J connectivity index is 1.53. The lowest BCUT2D eigenvalue weighted by Crippen LogP contribution is -2.36. The minimum Gasteiger partial charge on any atom is -0.497 e. The fraction of sp³-hybridized carbons (Fsp3) is 0.194. The van der Waals surface area contributed by atoms with Crippen LogP contribution in [0.15, 0.2) is 78.2 Å². The van der Waals surface area contributed by atoms with Crippen molar-refractivity contribution in [1.82, 2.24) is 4.90 Å². The molecule has 3 amide bonds. The molecule has 0 radical (unpaired) electrons. The first kappa shape index (κ1) is 30.8. The minimum atomic E-state index is -0.589. The number of nitro groups is 1. The van der Waals surface area contributed by atoms with E-state index in [-0.39, 0.29) is 17.2 Å². The largest absolute Gasteiger partial charge is 0.497 e. The van der Waals surface area contributed by atoms with Crippen LogP contribution < -0.4 is 19.5 Å². The van der Waals surface area contributed by atoms with Crippen molar-refractivity contribution in [3.05, 3.63) is 105 Å². The van der Waals surface area contributed by atoms with Gasteiger partial charge < -0.3 is 19.5 Å². The quantitative estimate of drug-likeness (QED) is 0.108. The molecule has 0 spiro atoms. The number of allylic oxidation sites excluding steroid dienone is 1. The normalized spacial score (nSPS) is 13.6. The summed E-state index contributed by atoms with van der Waals surface area (Å²) >= 11 is 0.738. The molecule has 3 aromatic carbocycles. The predicted octanol–water partition coefficient (Wildman–Crippen LogP) is 5.98. The van der Waals surface area contributed by atoms with Crippen LogP contribution in [0.1, 0.15) is 23.6 Å². The van der Waals surface area contributed by atoms with Gasteiger partial charge in [-0.2, -0.15) is 0 Å². The second-order valence-electron chi connectivity index (χ2n) is 9.19. The summed E-state index contributed by atoms with van der Waals surface area (Å²) in [6.45, 7) is 5.57.